The quantitative estimate of drug-likeness (QED) is 0.751. The van der Waals surface area contributed by atoms with Gasteiger partial charge in [-0.1, -0.05) is 0 Å². The smallest absolute Gasteiger partial charge is 0.161 e. The minimum absolute atomic E-state index is 0.736. The Morgan fingerprint density at radius 2 is 2.16 bits per heavy atom. The van der Waals surface area contributed by atoms with Crippen molar-refractivity contribution in [3.05, 3.63) is 60.6 Å². The van der Waals surface area contributed by atoms with Crippen molar-refractivity contribution in [1.82, 2.24) is 19.5 Å². The van der Waals surface area contributed by atoms with Crippen LogP contribution in [0, 0.1) is 6.92 Å². The summed E-state index contributed by atoms with van der Waals surface area (Å²) in [7, 11) is 0. The van der Waals surface area contributed by atoms with Gasteiger partial charge in [-0.05, 0) is 31.2 Å². The van der Waals surface area contributed by atoms with Crippen LogP contribution in [0.5, 0.6) is 0 Å². The third kappa shape index (κ3) is 2.35. The standard InChI is InChI=1S/C14H15N5/c1-11-15-8-9-19(11)14-13(5-3-7-17-14)18-10-12-4-2-6-16-12/h2-9,16,18H,10H2,1H3. The van der Waals surface area contributed by atoms with Gasteiger partial charge >= 0.3 is 0 Å². The highest BCUT2D eigenvalue weighted by atomic mass is 15.1. The maximum Gasteiger partial charge on any atom is 0.161 e. The summed E-state index contributed by atoms with van der Waals surface area (Å²) in [5, 5.41) is 3.39. The SMILES string of the molecule is Cc1nccn1-c1ncccc1NCc1ccc[nH]1. The van der Waals surface area contributed by atoms with Crippen molar-refractivity contribution in [2.45, 2.75) is 13.5 Å². The Hall–Kier alpha value is -2.56. The lowest BCUT2D eigenvalue weighted by Gasteiger charge is -2.12. The van der Waals surface area contributed by atoms with E-state index in [4.69, 9.17) is 0 Å². The fourth-order valence-electron chi connectivity index (χ4n) is 2.00. The van der Waals surface area contributed by atoms with E-state index in [2.05, 4.69) is 20.3 Å². The lowest BCUT2D eigenvalue weighted by molar-refractivity contribution is 0.927. The van der Waals surface area contributed by atoms with Crippen LogP contribution in [-0.4, -0.2) is 19.5 Å². The van der Waals surface area contributed by atoms with Crippen molar-refractivity contribution in [1.29, 1.82) is 0 Å². The van der Waals surface area contributed by atoms with E-state index in [0.717, 1.165) is 29.6 Å². The van der Waals surface area contributed by atoms with Gasteiger partial charge in [-0.25, -0.2) is 9.97 Å². The molecular weight excluding hydrogens is 238 g/mol. The molecular formula is C14H15N5. The Labute approximate surface area is 111 Å². The van der Waals surface area contributed by atoms with Gasteiger partial charge in [0.25, 0.3) is 0 Å². The minimum Gasteiger partial charge on any atom is -0.376 e. The number of pyridine rings is 1. The number of hydrogen-bond donors (Lipinski definition) is 2. The van der Waals surface area contributed by atoms with Gasteiger partial charge in [-0.2, -0.15) is 0 Å². The summed E-state index contributed by atoms with van der Waals surface area (Å²) < 4.78 is 1.97. The van der Waals surface area contributed by atoms with Gasteiger partial charge in [0, 0.05) is 30.5 Å². The molecule has 3 aromatic heterocycles. The van der Waals surface area contributed by atoms with Gasteiger partial charge in [0.05, 0.1) is 12.2 Å². The Morgan fingerprint density at radius 1 is 1.21 bits per heavy atom. The summed E-state index contributed by atoms with van der Waals surface area (Å²) in [5.74, 6) is 1.78. The molecule has 0 aromatic carbocycles. The van der Waals surface area contributed by atoms with E-state index in [1.807, 2.05) is 48.1 Å². The van der Waals surface area contributed by atoms with Crippen molar-refractivity contribution >= 4 is 5.69 Å². The lowest BCUT2D eigenvalue weighted by Crippen LogP contribution is -2.06. The number of rotatable bonds is 4. The zero-order valence-corrected chi connectivity index (χ0v) is 10.7. The first-order valence-electron chi connectivity index (χ1n) is 6.16. The highest BCUT2D eigenvalue weighted by molar-refractivity contribution is 5.57. The second kappa shape index (κ2) is 4.97. The zero-order chi connectivity index (χ0) is 13.1. The van der Waals surface area contributed by atoms with Gasteiger partial charge in [0.15, 0.2) is 5.82 Å². The van der Waals surface area contributed by atoms with Gasteiger partial charge in [0.1, 0.15) is 5.82 Å². The van der Waals surface area contributed by atoms with Crippen LogP contribution in [0.25, 0.3) is 5.82 Å². The van der Waals surface area contributed by atoms with Gasteiger partial charge in [-0.3, -0.25) is 4.57 Å². The van der Waals surface area contributed by atoms with Crippen molar-refractivity contribution in [2.24, 2.45) is 0 Å². The fraction of sp³-hybridized carbons (Fsp3) is 0.143. The molecule has 0 unspecified atom stereocenters. The van der Waals surface area contributed by atoms with Crippen LogP contribution in [0.15, 0.2) is 49.1 Å². The molecule has 0 amide bonds. The molecule has 0 bridgehead atoms. The lowest BCUT2D eigenvalue weighted by atomic mass is 10.3. The molecule has 96 valence electrons. The van der Waals surface area contributed by atoms with Crippen molar-refractivity contribution < 1.29 is 0 Å². The number of aryl methyl sites for hydroxylation is 1. The van der Waals surface area contributed by atoms with Gasteiger partial charge in [-0.15, -0.1) is 0 Å². The zero-order valence-electron chi connectivity index (χ0n) is 10.7. The monoisotopic (exact) mass is 253 g/mol. The van der Waals surface area contributed by atoms with E-state index in [-0.39, 0.29) is 0 Å². The van der Waals surface area contributed by atoms with Crippen LogP contribution in [0.4, 0.5) is 5.69 Å². The van der Waals surface area contributed by atoms with Crippen LogP contribution >= 0.6 is 0 Å². The minimum atomic E-state index is 0.736. The molecule has 5 heteroatoms. The Bertz CT molecular complexity index is 654. The first kappa shape index (κ1) is 11.5. The average Bonchev–Trinajstić information content (AvgIpc) is 3.08. The molecule has 0 aliphatic carbocycles. The second-order valence-electron chi connectivity index (χ2n) is 4.27. The molecule has 5 nitrogen and oxygen atoms in total. The predicted molar refractivity (Wildman–Crippen MR) is 74.2 cm³/mol. The molecule has 3 heterocycles. The normalized spacial score (nSPS) is 10.6. The molecule has 0 aliphatic rings. The summed E-state index contributed by atoms with van der Waals surface area (Å²) in [6.07, 6.45) is 7.39. The third-order valence-electron chi connectivity index (χ3n) is 2.97. The van der Waals surface area contributed by atoms with E-state index in [0.29, 0.717) is 0 Å². The van der Waals surface area contributed by atoms with E-state index in [1.54, 1.807) is 12.4 Å². The van der Waals surface area contributed by atoms with Crippen LogP contribution < -0.4 is 5.32 Å². The average molecular weight is 253 g/mol. The van der Waals surface area contributed by atoms with Crippen molar-refractivity contribution in [2.75, 3.05) is 5.32 Å². The van der Waals surface area contributed by atoms with Crippen LogP contribution in [-0.2, 0) is 6.54 Å². The Balaban J connectivity index is 1.88. The van der Waals surface area contributed by atoms with Gasteiger partial charge in [0.2, 0.25) is 0 Å². The molecule has 0 atom stereocenters. The second-order valence-corrected chi connectivity index (χ2v) is 4.27. The summed E-state index contributed by atoms with van der Waals surface area (Å²) in [6, 6.07) is 7.98. The summed E-state index contributed by atoms with van der Waals surface area (Å²) in [5.41, 5.74) is 2.12. The molecule has 0 fully saturated rings. The van der Waals surface area contributed by atoms with E-state index in [1.165, 1.54) is 0 Å². The van der Waals surface area contributed by atoms with Crippen molar-refractivity contribution in [3.8, 4) is 5.82 Å². The summed E-state index contributed by atoms with van der Waals surface area (Å²) in [6.45, 7) is 2.70. The number of imidazole rings is 1. The number of anilines is 1. The highest BCUT2D eigenvalue weighted by Crippen LogP contribution is 2.18. The maximum atomic E-state index is 4.43. The largest absolute Gasteiger partial charge is 0.376 e. The number of aromatic nitrogens is 4. The molecule has 0 spiro atoms. The Morgan fingerprint density at radius 3 is 2.89 bits per heavy atom. The third-order valence-corrected chi connectivity index (χ3v) is 2.97. The molecule has 3 rings (SSSR count). The van der Waals surface area contributed by atoms with E-state index >= 15 is 0 Å². The number of aromatic amines is 1. The number of hydrogen-bond acceptors (Lipinski definition) is 3. The molecule has 0 saturated heterocycles. The van der Waals surface area contributed by atoms with Crippen LogP contribution in [0.3, 0.4) is 0 Å². The maximum absolute atomic E-state index is 4.43. The summed E-state index contributed by atoms with van der Waals surface area (Å²) in [4.78, 5) is 11.8. The molecule has 0 aliphatic heterocycles. The van der Waals surface area contributed by atoms with E-state index < -0.39 is 0 Å². The molecule has 0 radical (unpaired) electrons. The first-order chi connectivity index (χ1) is 9.34. The van der Waals surface area contributed by atoms with E-state index in [9.17, 15) is 0 Å². The first-order valence-corrected chi connectivity index (χ1v) is 6.16. The molecule has 19 heavy (non-hydrogen) atoms. The van der Waals surface area contributed by atoms with Crippen LogP contribution in [0.2, 0.25) is 0 Å². The van der Waals surface area contributed by atoms with Gasteiger partial charge < -0.3 is 10.3 Å². The molecule has 2 N–H and O–H groups in total. The number of nitrogens with zero attached hydrogens (tertiary/aromatic N) is 3. The summed E-state index contributed by atoms with van der Waals surface area (Å²) >= 11 is 0. The van der Waals surface area contributed by atoms with Crippen molar-refractivity contribution in [3.63, 3.8) is 0 Å². The molecule has 0 saturated carbocycles. The van der Waals surface area contributed by atoms with Crippen LogP contribution in [0.1, 0.15) is 11.5 Å². The molecule has 3 aromatic rings. The Kier molecular flexibility index (Phi) is 3.02. The number of nitrogens with one attached hydrogen (secondary N) is 2. The number of H-pyrrole nitrogens is 1. The predicted octanol–water partition coefficient (Wildman–Crippen LogP) is 2.52. The highest BCUT2D eigenvalue weighted by Gasteiger charge is 2.07. The fourth-order valence-corrected chi connectivity index (χ4v) is 2.00. The topological polar surface area (TPSA) is 58.5 Å².